The summed E-state index contributed by atoms with van der Waals surface area (Å²) in [6.07, 6.45) is 2.47. The third-order valence-electron chi connectivity index (χ3n) is 3.55. The van der Waals surface area contributed by atoms with Gasteiger partial charge in [-0.25, -0.2) is 4.79 Å². The molecule has 0 aliphatic rings. The summed E-state index contributed by atoms with van der Waals surface area (Å²) in [5, 5.41) is 3.38. The molecule has 1 unspecified atom stereocenters. The first kappa shape index (κ1) is 15.3. The molecule has 0 fully saturated rings. The minimum Gasteiger partial charge on any atom is -0.467 e. The fourth-order valence-corrected chi connectivity index (χ4v) is 2.11. The molecule has 2 aromatic rings. The van der Waals surface area contributed by atoms with Crippen molar-refractivity contribution in [3.05, 3.63) is 59.0 Å². The first-order valence-electron chi connectivity index (χ1n) is 7.12. The molecule has 0 saturated carbocycles. The summed E-state index contributed by atoms with van der Waals surface area (Å²) >= 11 is 0. The van der Waals surface area contributed by atoms with Crippen molar-refractivity contribution in [2.75, 3.05) is 7.11 Å². The second kappa shape index (κ2) is 7.09. The van der Waals surface area contributed by atoms with Crippen molar-refractivity contribution < 1.29 is 13.9 Å². The number of hydrogen-bond acceptors (Lipinski definition) is 4. The summed E-state index contributed by atoms with van der Waals surface area (Å²) in [5.41, 5.74) is 3.00. The molecule has 112 valence electrons. The van der Waals surface area contributed by atoms with E-state index in [9.17, 15) is 4.79 Å². The smallest absolute Gasteiger partial charge is 0.341 e. The fourth-order valence-electron chi connectivity index (χ4n) is 2.11. The van der Waals surface area contributed by atoms with Crippen LogP contribution in [-0.4, -0.2) is 13.1 Å². The number of methoxy groups -OCH3 is 1. The molecule has 0 aliphatic heterocycles. The zero-order valence-electron chi connectivity index (χ0n) is 12.7. The lowest BCUT2D eigenvalue weighted by molar-refractivity contribution is 0.0600. The average molecular weight is 287 g/mol. The van der Waals surface area contributed by atoms with E-state index >= 15 is 0 Å². The number of nitrogens with one attached hydrogen (secondary N) is 1. The van der Waals surface area contributed by atoms with E-state index in [0.29, 0.717) is 17.9 Å². The number of carbonyl (C=O) groups is 1. The minimum absolute atomic E-state index is 0.211. The molecule has 21 heavy (non-hydrogen) atoms. The van der Waals surface area contributed by atoms with Crippen molar-refractivity contribution in [2.24, 2.45) is 0 Å². The van der Waals surface area contributed by atoms with E-state index in [0.717, 1.165) is 6.42 Å². The summed E-state index contributed by atoms with van der Waals surface area (Å²) < 4.78 is 9.99. The molecular formula is C17H21NO3. The third-order valence-corrected chi connectivity index (χ3v) is 3.55. The predicted octanol–water partition coefficient (Wildman–Crippen LogP) is 3.48. The Morgan fingerprint density at radius 1 is 1.33 bits per heavy atom. The first-order chi connectivity index (χ1) is 10.1. The standard InChI is InChI=1S/C17H21NO3/c1-4-13-5-7-14(8-6-13)12(2)18-10-16-9-15(11-21-16)17(19)20-3/h5-9,11-12,18H,4,10H2,1-3H3. The minimum atomic E-state index is -0.381. The van der Waals surface area contributed by atoms with Gasteiger partial charge >= 0.3 is 5.97 Å². The zero-order chi connectivity index (χ0) is 15.2. The van der Waals surface area contributed by atoms with Crippen LogP contribution in [0.5, 0.6) is 0 Å². The molecule has 0 bridgehead atoms. The van der Waals surface area contributed by atoms with E-state index in [1.807, 2.05) is 0 Å². The summed E-state index contributed by atoms with van der Waals surface area (Å²) in [5.74, 6) is 0.334. The second-order valence-electron chi connectivity index (χ2n) is 4.99. The second-order valence-corrected chi connectivity index (χ2v) is 4.99. The van der Waals surface area contributed by atoms with Gasteiger partial charge in [0.2, 0.25) is 0 Å². The Morgan fingerprint density at radius 3 is 2.67 bits per heavy atom. The molecule has 1 N–H and O–H groups in total. The number of benzene rings is 1. The molecule has 2 rings (SSSR count). The Hall–Kier alpha value is -2.07. The quantitative estimate of drug-likeness (QED) is 0.826. The number of hydrogen-bond donors (Lipinski definition) is 1. The summed E-state index contributed by atoms with van der Waals surface area (Å²) in [7, 11) is 1.36. The molecule has 4 heteroatoms. The van der Waals surface area contributed by atoms with Crippen LogP contribution in [0.25, 0.3) is 0 Å². The molecule has 0 saturated heterocycles. The number of esters is 1. The van der Waals surface area contributed by atoms with Crippen LogP contribution in [0.1, 0.15) is 47.1 Å². The van der Waals surface area contributed by atoms with Crippen molar-refractivity contribution in [3.63, 3.8) is 0 Å². The SMILES string of the molecule is CCc1ccc(C(C)NCc2cc(C(=O)OC)co2)cc1. The van der Waals surface area contributed by atoms with E-state index in [4.69, 9.17) is 4.42 Å². The van der Waals surface area contributed by atoms with E-state index in [2.05, 4.69) is 48.2 Å². The van der Waals surface area contributed by atoms with Crippen molar-refractivity contribution in [1.82, 2.24) is 5.32 Å². The van der Waals surface area contributed by atoms with Crippen LogP contribution in [0.3, 0.4) is 0 Å². The molecular weight excluding hydrogens is 266 g/mol. The van der Waals surface area contributed by atoms with E-state index in [1.165, 1.54) is 24.5 Å². The van der Waals surface area contributed by atoms with Crippen molar-refractivity contribution in [1.29, 1.82) is 0 Å². The predicted molar refractivity (Wildman–Crippen MR) is 81.1 cm³/mol. The van der Waals surface area contributed by atoms with Crippen LogP contribution in [-0.2, 0) is 17.7 Å². The average Bonchev–Trinajstić information content (AvgIpc) is 3.01. The van der Waals surface area contributed by atoms with Crippen LogP contribution in [0.15, 0.2) is 41.0 Å². The zero-order valence-corrected chi connectivity index (χ0v) is 12.7. The summed E-state index contributed by atoms with van der Waals surface area (Å²) in [6, 6.07) is 10.5. The molecule has 0 aliphatic carbocycles. The molecule has 0 amide bonds. The van der Waals surface area contributed by atoms with Crippen LogP contribution in [0.4, 0.5) is 0 Å². The fraction of sp³-hybridized carbons (Fsp3) is 0.353. The van der Waals surface area contributed by atoms with Crippen molar-refractivity contribution >= 4 is 5.97 Å². The molecule has 0 spiro atoms. The monoisotopic (exact) mass is 287 g/mol. The van der Waals surface area contributed by atoms with Crippen LogP contribution >= 0.6 is 0 Å². The molecule has 4 nitrogen and oxygen atoms in total. The van der Waals surface area contributed by atoms with E-state index < -0.39 is 0 Å². The molecule has 1 aromatic carbocycles. The molecule has 0 radical (unpaired) electrons. The van der Waals surface area contributed by atoms with Gasteiger partial charge in [0, 0.05) is 6.04 Å². The van der Waals surface area contributed by atoms with Gasteiger partial charge in [0.25, 0.3) is 0 Å². The first-order valence-corrected chi connectivity index (χ1v) is 7.12. The highest BCUT2D eigenvalue weighted by atomic mass is 16.5. The molecule has 1 atom stereocenters. The molecule has 1 heterocycles. The maximum absolute atomic E-state index is 11.3. The lowest BCUT2D eigenvalue weighted by atomic mass is 10.1. The van der Waals surface area contributed by atoms with Crippen molar-refractivity contribution in [3.8, 4) is 0 Å². The summed E-state index contributed by atoms with van der Waals surface area (Å²) in [4.78, 5) is 11.3. The summed E-state index contributed by atoms with van der Waals surface area (Å²) in [6.45, 7) is 4.81. The Balaban J connectivity index is 1.92. The maximum Gasteiger partial charge on any atom is 0.341 e. The van der Waals surface area contributed by atoms with Crippen molar-refractivity contribution in [2.45, 2.75) is 32.9 Å². The normalized spacial score (nSPS) is 12.1. The highest BCUT2D eigenvalue weighted by Gasteiger charge is 2.11. The largest absolute Gasteiger partial charge is 0.467 e. The Morgan fingerprint density at radius 2 is 2.05 bits per heavy atom. The highest BCUT2D eigenvalue weighted by molar-refractivity contribution is 5.88. The third kappa shape index (κ3) is 3.95. The topological polar surface area (TPSA) is 51.5 Å². The number of ether oxygens (including phenoxy) is 1. The van der Waals surface area contributed by atoms with Gasteiger partial charge in [-0.3, -0.25) is 0 Å². The Bertz CT molecular complexity index is 586. The maximum atomic E-state index is 11.3. The molecule has 1 aromatic heterocycles. The van der Waals surface area contributed by atoms with Gasteiger partial charge in [0.1, 0.15) is 12.0 Å². The highest BCUT2D eigenvalue weighted by Crippen LogP contribution is 2.15. The number of carbonyl (C=O) groups excluding carboxylic acids is 1. The van der Waals surface area contributed by atoms with Gasteiger partial charge < -0.3 is 14.5 Å². The van der Waals surface area contributed by atoms with Gasteiger partial charge in [-0.1, -0.05) is 31.2 Å². The van der Waals surface area contributed by atoms with Crippen LogP contribution in [0, 0.1) is 0 Å². The van der Waals surface area contributed by atoms with E-state index in [-0.39, 0.29) is 12.0 Å². The van der Waals surface area contributed by atoms with E-state index in [1.54, 1.807) is 6.07 Å². The van der Waals surface area contributed by atoms with Crippen LogP contribution in [0.2, 0.25) is 0 Å². The van der Waals surface area contributed by atoms with Gasteiger partial charge in [0.05, 0.1) is 19.2 Å². The Kier molecular flexibility index (Phi) is 5.17. The lowest BCUT2D eigenvalue weighted by Crippen LogP contribution is -2.17. The van der Waals surface area contributed by atoms with Gasteiger partial charge in [-0.05, 0) is 30.5 Å². The number of aryl methyl sites for hydroxylation is 1. The lowest BCUT2D eigenvalue weighted by Gasteiger charge is -2.13. The van der Waals surface area contributed by atoms with Crippen LogP contribution < -0.4 is 5.32 Å². The van der Waals surface area contributed by atoms with Gasteiger partial charge in [-0.15, -0.1) is 0 Å². The number of furan rings is 1. The number of rotatable bonds is 6. The Labute approximate surface area is 125 Å². The van der Waals surface area contributed by atoms with Gasteiger partial charge in [0.15, 0.2) is 0 Å². The van der Waals surface area contributed by atoms with Gasteiger partial charge in [-0.2, -0.15) is 0 Å².